The van der Waals surface area contributed by atoms with Crippen LogP contribution < -0.4 is 16.0 Å². The van der Waals surface area contributed by atoms with E-state index in [1.165, 1.54) is 12.1 Å². The minimum Gasteiger partial charge on any atom is -0.382 e. The van der Waals surface area contributed by atoms with Gasteiger partial charge in [-0.25, -0.2) is 4.39 Å². The molecule has 1 atom stereocenters. The fraction of sp³-hybridized carbons (Fsp3) is 0.318. The Balaban J connectivity index is 1.41. The van der Waals surface area contributed by atoms with Gasteiger partial charge >= 0.3 is 0 Å². The second kappa shape index (κ2) is 7.50. The first-order valence-electron chi connectivity index (χ1n) is 9.55. The molecule has 152 valence electrons. The largest absolute Gasteiger partial charge is 0.382 e. The molecule has 1 fully saturated rings. The van der Waals surface area contributed by atoms with Crippen LogP contribution in [0.2, 0.25) is 0 Å². The first kappa shape index (κ1) is 19.4. The van der Waals surface area contributed by atoms with Gasteiger partial charge in [0.05, 0.1) is 17.9 Å². The predicted octanol–water partition coefficient (Wildman–Crippen LogP) is 4.10. The van der Waals surface area contributed by atoms with Gasteiger partial charge < -0.3 is 25.4 Å². The Kier molecular flexibility index (Phi) is 5.02. The van der Waals surface area contributed by atoms with Crippen molar-refractivity contribution < 1.29 is 18.7 Å². The maximum atomic E-state index is 13.3. The lowest BCUT2D eigenvalue weighted by Crippen LogP contribution is -2.26. The minimum atomic E-state index is -0.528. The highest BCUT2D eigenvalue weighted by Gasteiger charge is 2.32. The lowest BCUT2D eigenvalue weighted by Gasteiger charge is -2.18. The third kappa shape index (κ3) is 4.26. The lowest BCUT2D eigenvalue weighted by molar-refractivity contribution is -0.136. The Bertz CT molecular complexity index is 987. The summed E-state index contributed by atoms with van der Waals surface area (Å²) in [5, 5.41) is 9.23. The SMILES string of the molecule is Cc1cc(NC=C2C(=O)Nc3cc(F)ccc32)ccc1NCC1COC(C)(C)O1. The Labute approximate surface area is 169 Å². The van der Waals surface area contributed by atoms with E-state index < -0.39 is 5.79 Å². The molecule has 0 aliphatic carbocycles. The van der Waals surface area contributed by atoms with E-state index in [0.29, 0.717) is 30.0 Å². The van der Waals surface area contributed by atoms with Crippen molar-refractivity contribution in [3.05, 3.63) is 59.5 Å². The molecule has 1 amide bonds. The van der Waals surface area contributed by atoms with Gasteiger partial charge in [0.2, 0.25) is 0 Å². The Morgan fingerprint density at radius 3 is 2.83 bits per heavy atom. The molecule has 3 N–H and O–H groups in total. The minimum absolute atomic E-state index is 0.0118. The molecule has 7 heteroatoms. The topological polar surface area (TPSA) is 71.6 Å². The van der Waals surface area contributed by atoms with Gasteiger partial charge in [-0.05, 0) is 62.7 Å². The van der Waals surface area contributed by atoms with Crippen molar-refractivity contribution in [2.24, 2.45) is 0 Å². The summed E-state index contributed by atoms with van der Waals surface area (Å²) in [5.74, 6) is -1.16. The molecule has 1 saturated heterocycles. The normalized spacial score (nSPS) is 21.2. The average Bonchev–Trinajstić information content (AvgIpc) is 3.16. The molecule has 0 saturated carbocycles. The summed E-state index contributed by atoms with van der Waals surface area (Å²) in [6, 6.07) is 10.2. The molecule has 0 bridgehead atoms. The van der Waals surface area contributed by atoms with Crippen LogP contribution in [-0.2, 0) is 14.3 Å². The second-order valence-electron chi connectivity index (χ2n) is 7.71. The van der Waals surface area contributed by atoms with Gasteiger partial charge in [-0.3, -0.25) is 4.79 Å². The number of hydrogen-bond donors (Lipinski definition) is 3. The fourth-order valence-electron chi connectivity index (χ4n) is 3.50. The van der Waals surface area contributed by atoms with E-state index in [1.54, 1.807) is 12.3 Å². The van der Waals surface area contributed by atoms with E-state index in [0.717, 1.165) is 16.9 Å². The maximum absolute atomic E-state index is 13.3. The summed E-state index contributed by atoms with van der Waals surface area (Å²) < 4.78 is 24.7. The smallest absolute Gasteiger partial charge is 0.257 e. The zero-order chi connectivity index (χ0) is 20.6. The quantitative estimate of drug-likeness (QED) is 0.663. The fourth-order valence-corrected chi connectivity index (χ4v) is 3.50. The zero-order valence-corrected chi connectivity index (χ0v) is 16.6. The van der Waals surface area contributed by atoms with Gasteiger partial charge in [0.15, 0.2) is 5.79 Å². The van der Waals surface area contributed by atoms with Crippen LogP contribution in [0.25, 0.3) is 5.57 Å². The summed E-state index contributed by atoms with van der Waals surface area (Å²) in [6.07, 6.45) is 1.66. The number of amides is 1. The van der Waals surface area contributed by atoms with Gasteiger partial charge in [0.1, 0.15) is 11.9 Å². The summed E-state index contributed by atoms with van der Waals surface area (Å²) in [7, 11) is 0. The standard InChI is InChI=1S/C22H24FN3O3/c1-13-8-15(5-7-19(13)25-10-16-12-28-22(2,3)29-16)24-11-18-17-6-4-14(23)9-20(17)26-21(18)27/h4-9,11,16,24-25H,10,12H2,1-3H3,(H,26,27). The number of rotatable bonds is 5. The Hall–Kier alpha value is -2.90. The number of fused-ring (bicyclic) bond motifs is 1. The number of carbonyl (C=O) groups is 1. The van der Waals surface area contributed by atoms with Crippen LogP contribution in [0.5, 0.6) is 0 Å². The van der Waals surface area contributed by atoms with Crippen LogP contribution in [0.1, 0.15) is 25.0 Å². The van der Waals surface area contributed by atoms with Crippen LogP contribution >= 0.6 is 0 Å². The summed E-state index contributed by atoms with van der Waals surface area (Å²) in [5.41, 5.74) is 4.56. The van der Waals surface area contributed by atoms with Crippen LogP contribution in [0.15, 0.2) is 42.6 Å². The number of halogens is 1. The molecule has 2 aromatic carbocycles. The molecule has 0 radical (unpaired) electrons. The van der Waals surface area contributed by atoms with E-state index in [1.807, 2.05) is 39.0 Å². The predicted molar refractivity (Wildman–Crippen MR) is 111 cm³/mol. The molecule has 1 unspecified atom stereocenters. The highest BCUT2D eigenvalue weighted by molar-refractivity contribution is 6.31. The number of nitrogens with one attached hydrogen (secondary N) is 3. The highest BCUT2D eigenvalue weighted by atomic mass is 19.1. The van der Waals surface area contributed by atoms with E-state index in [9.17, 15) is 9.18 Å². The van der Waals surface area contributed by atoms with Crippen molar-refractivity contribution in [3.8, 4) is 0 Å². The molecule has 4 rings (SSSR count). The summed E-state index contributed by atoms with van der Waals surface area (Å²) >= 11 is 0. The molecule has 2 aromatic rings. The molecular weight excluding hydrogens is 373 g/mol. The molecule has 2 aliphatic rings. The molecule has 29 heavy (non-hydrogen) atoms. The van der Waals surface area contributed by atoms with Crippen molar-refractivity contribution in [1.82, 2.24) is 0 Å². The van der Waals surface area contributed by atoms with Crippen molar-refractivity contribution in [2.75, 3.05) is 29.1 Å². The van der Waals surface area contributed by atoms with Gasteiger partial charge in [0, 0.05) is 29.7 Å². The number of aryl methyl sites for hydroxylation is 1. The van der Waals surface area contributed by atoms with Crippen molar-refractivity contribution in [2.45, 2.75) is 32.7 Å². The lowest BCUT2D eigenvalue weighted by atomic mass is 10.1. The average molecular weight is 397 g/mol. The maximum Gasteiger partial charge on any atom is 0.257 e. The van der Waals surface area contributed by atoms with Crippen molar-refractivity contribution in [1.29, 1.82) is 0 Å². The monoisotopic (exact) mass is 397 g/mol. The first-order valence-corrected chi connectivity index (χ1v) is 9.55. The molecule has 0 spiro atoms. The van der Waals surface area contributed by atoms with Crippen LogP contribution in [0.4, 0.5) is 21.5 Å². The third-order valence-electron chi connectivity index (χ3n) is 4.96. The third-order valence-corrected chi connectivity index (χ3v) is 4.96. The van der Waals surface area contributed by atoms with E-state index in [-0.39, 0.29) is 17.8 Å². The number of hydrogen-bond acceptors (Lipinski definition) is 5. The van der Waals surface area contributed by atoms with Crippen molar-refractivity contribution >= 4 is 28.5 Å². The molecule has 0 aromatic heterocycles. The van der Waals surface area contributed by atoms with Gasteiger partial charge in [-0.1, -0.05) is 0 Å². The molecular formula is C22H24FN3O3. The first-order chi connectivity index (χ1) is 13.8. The molecule has 6 nitrogen and oxygen atoms in total. The van der Waals surface area contributed by atoms with Gasteiger partial charge in [-0.15, -0.1) is 0 Å². The summed E-state index contributed by atoms with van der Waals surface area (Å²) in [4.78, 5) is 12.2. The van der Waals surface area contributed by atoms with Gasteiger partial charge in [-0.2, -0.15) is 0 Å². The number of carbonyl (C=O) groups excluding carboxylic acids is 1. The summed E-state index contributed by atoms with van der Waals surface area (Å²) in [6.45, 7) is 7.06. The molecule has 2 aliphatic heterocycles. The zero-order valence-electron chi connectivity index (χ0n) is 16.6. The highest BCUT2D eigenvalue weighted by Crippen LogP contribution is 2.32. The van der Waals surface area contributed by atoms with E-state index in [2.05, 4.69) is 16.0 Å². The van der Waals surface area contributed by atoms with E-state index >= 15 is 0 Å². The van der Waals surface area contributed by atoms with Crippen molar-refractivity contribution in [3.63, 3.8) is 0 Å². The number of benzene rings is 2. The number of ether oxygens (including phenoxy) is 2. The molecule has 2 heterocycles. The van der Waals surface area contributed by atoms with Crippen LogP contribution in [0.3, 0.4) is 0 Å². The van der Waals surface area contributed by atoms with E-state index in [4.69, 9.17) is 9.47 Å². The van der Waals surface area contributed by atoms with Gasteiger partial charge in [0.25, 0.3) is 5.91 Å². The Morgan fingerprint density at radius 1 is 1.28 bits per heavy atom. The second-order valence-corrected chi connectivity index (χ2v) is 7.71. The number of anilines is 3. The van der Waals surface area contributed by atoms with Crippen LogP contribution in [0, 0.1) is 12.7 Å². The Morgan fingerprint density at radius 2 is 2.10 bits per heavy atom. The van der Waals surface area contributed by atoms with Crippen LogP contribution in [-0.4, -0.2) is 30.9 Å².